The summed E-state index contributed by atoms with van der Waals surface area (Å²) < 4.78 is 2.01. The highest BCUT2D eigenvalue weighted by Crippen LogP contribution is 2.32. The van der Waals surface area contributed by atoms with Gasteiger partial charge in [0.15, 0.2) is 0 Å². The molecule has 0 spiro atoms. The van der Waals surface area contributed by atoms with Crippen LogP contribution in [0.3, 0.4) is 0 Å². The van der Waals surface area contributed by atoms with Gasteiger partial charge in [0.2, 0.25) is 0 Å². The van der Waals surface area contributed by atoms with Gasteiger partial charge in [0, 0.05) is 28.0 Å². The zero-order valence-electron chi connectivity index (χ0n) is 9.00. The van der Waals surface area contributed by atoms with E-state index in [0.29, 0.717) is 10.2 Å². The summed E-state index contributed by atoms with van der Waals surface area (Å²) in [6.45, 7) is 2.88. The number of benzene rings is 1. The largest absolute Gasteiger partial charge is 0.392 e. The second kappa shape index (κ2) is 4.66. The average Bonchev–Trinajstić information content (AvgIpc) is 2.52. The molecule has 1 heterocycles. The van der Waals surface area contributed by atoms with Crippen molar-refractivity contribution in [1.29, 1.82) is 0 Å². The number of hydrogen-bond acceptors (Lipinski definition) is 1. The van der Waals surface area contributed by atoms with Crippen molar-refractivity contribution in [3.05, 3.63) is 33.9 Å². The summed E-state index contributed by atoms with van der Waals surface area (Å²) >= 11 is 12.2. The molecule has 0 aliphatic carbocycles. The molecule has 86 valence electrons. The van der Waals surface area contributed by atoms with Crippen molar-refractivity contribution in [3.8, 4) is 0 Å². The lowest BCUT2D eigenvalue weighted by Gasteiger charge is -2.04. The fourth-order valence-electron chi connectivity index (χ4n) is 1.96. The Labute approximate surface area is 104 Å². The number of halogens is 2. The van der Waals surface area contributed by atoms with Gasteiger partial charge < -0.3 is 9.67 Å². The first-order valence-electron chi connectivity index (χ1n) is 5.26. The van der Waals surface area contributed by atoms with Gasteiger partial charge in [0.25, 0.3) is 0 Å². The highest BCUT2D eigenvalue weighted by atomic mass is 35.5. The normalized spacial score (nSPS) is 11.2. The molecule has 2 aromatic rings. The lowest BCUT2D eigenvalue weighted by atomic mass is 10.2. The van der Waals surface area contributed by atoms with E-state index in [-0.39, 0.29) is 6.61 Å². The molecule has 0 aliphatic heterocycles. The van der Waals surface area contributed by atoms with Crippen molar-refractivity contribution in [3.63, 3.8) is 0 Å². The maximum absolute atomic E-state index is 9.35. The Morgan fingerprint density at radius 2 is 2.06 bits per heavy atom. The SMILES string of the molecule is CCCn1c(Cl)c(CO)c2cc(Cl)ccc21. The molecule has 0 unspecified atom stereocenters. The number of fused-ring (bicyclic) bond motifs is 1. The van der Waals surface area contributed by atoms with Crippen LogP contribution in [0.15, 0.2) is 18.2 Å². The molecule has 2 rings (SSSR count). The Hall–Kier alpha value is -0.700. The number of nitrogens with zero attached hydrogens (tertiary/aromatic N) is 1. The predicted octanol–water partition coefficient (Wildman–Crippen LogP) is 3.85. The molecule has 0 saturated heterocycles. The van der Waals surface area contributed by atoms with Crippen LogP contribution < -0.4 is 0 Å². The average molecular weight is 258 g/mol. The highest BCUT2D eigenvalue weighted by Gasteiger charge is 2.14. The van der Waals surface area contributed by atoms with Crippen molar-refractivity contribution in [2.75, 3.05) is 0 Å². The molecule has 0 atom stereocenters. The molecule has 0 amide bonds. The van der Waals surface area contributed by atoms with Gasteiger partial charge in [-0.25, -0.2) is 0 Å². The summed E-state index contributed by atoms with van der Waals surface area (Å²) in [4.78, 5) is 0. The monoisotopic (exact) mass is 257 g/mol. The smallest absolute Gasteiger partial charge is 0.115 e. The third-order valence-electron chi connectivity index (χ3n) is 2.67. The molecule has 0 fully saturated rings. The molecule has 1 N–H and O–H groups in total. The summed E-state index contributed by atoms with van der Waals surface area (Å²) in [6, 6.07) is 5.63. The molecule has 0 saturated carbocycles. The van der Waals surface area contributed by atoms with Gasteiger partial charge in [-0.2, -0.15) is 0 Å². The van der Waals surface area contributed by atoms with Crippen LogP contribution in [0.25, 0.3) is 10.9 Å². The molecular weight excluding hydrogens is 245 g/mol. The third-order valence-corrected chi connectivity index (χ3v) is 3.33. The Bertz CT molecular complexity index is 519. The van der Waals surface area contributed by atoms with Gasteiger partial charge in [-0.05, 0) is 24.6 Å². The van der Waals surface area contributed by atoms with Crippen LogP contribution in [0.1, 0.15) is 18.9 Å². The standard InChI is InChI=1S/C12H13Cl2NO/c1-2-5-15-11-4-3-8(13)6-9(11)10(7-16)12(15)14/h3-4,6,16H,2,5,7H2,1H3. The molecule has 0 aliphatic rings. The van der Waals surface area contributed by atoms with Gasteiger partial charge in [0.05, 0.1) is 6.61 Å². The molecule has 1 aromatic heterocycles. The van der Waals surface area contributed by atoms with Gasteiger partial charge in [-0.3, -0.25) is 0 Å². The quantitative estimate of drug-likeness (QED) is 0.888. The summed E-state index contributed by atoms with van der Waals surface area (Å²) in [6.07, 6.45) is 0.997. The number of aliphatic hydroxyl groups is 1. The van der Waals surface area contributed by atoms with Crippen LogP contribution in [-0.4, -0.2) is 9.67 Å². The van der Waals surface area contributed by atoms with Crippen molar-refractivity contribution < 1.29 is 5.11 Å². The Kier molecular flexibility index (Phi) is 3.43. The maximum atomic E-state index is 9.35. The molecule has 16 heavy (non-hydrogen) atoms. The van der Waals surface area contributed by atoms with Crippen LogP contribution in [0.2, 0.25) is 10.2 Å². The zero-order chi connectivity index (χ0) is 11.7. The van der Waals surface area contributed by atoms with Crippen molar-refractivity contribution in [2.45, 2.75) is 26.5 Å². The molecule has 0 bridgehead atoms. The topological polar surface area (TPSA) is 25.2 Å². The minimum absolute atomic E-state index is 0.0631. The van der Waals surface area contributed by atoms with Crippen LogP contribution in [0, 0.1) is 0 Å². The molecule has 1 aromatic carbocycles. The molecule has 2 nitrogen and oxygen atoms in total. The van der Waals surface area contributed by atoms with Gasteiger partial charge in [0.1, 0.15) is 5.15 Å². The van der Waals surface area contributed by atoms with E-state index < -0.39 is 0 Å². The van der Waals surface area contributed by atoms with Crippen LogP contribution in [0.5, 0.6) is 0 Å². The number of hydrogen-bond donors (Lipinski definition) is 1. The van der Waals surface area contributed by atoms with Crippen molar-refractivity contribution in [1.82, 2.24) is 4.57 Å². The summed E-state index contributed by atoms with van der Waals surface area (Å²) in [5.74, 6) is 0. The minimum Gasteiger partial charge on any atom is -0.392 e. The van der Waals surface area contributed by atoms with E-state index >= 15 is 0 Å². The highest BCUT2D eigenvalue weighted by molar-refractivity contribution is 6.33. The van der Waals surface area contributed by atoms with E-state index in [2.05, 4.69) is 6.92 Å². The summed E-state index contributed by atoms with van der Waals surface area (Å²) in [7, 11) is 0. The van der Waals surface area contributed by atoms with E-state index in [9.17, 15) is 5.11 Å². The van der Waals surface area contributed by atoms with Crippen molar-refractivity contribution in [2.24, 2.45) is 0 Å². The molecular formula is C12H13Cl2NO. The predicted molar refractivity (Wildman–Crippen MR) is 68.2 cm³/mol. The number of aromatic nitrogens is 1. The fourth-order valence-corrected chi connectivity index (χ4v) is 2.47. The van der Waals surface area contributed by atoms with Gasteiger partial charge in [-0.15, -0.1) is 0 Å². The van der Waals surface area contributed by atoms with E-state index in [1.54, 1.807) is 0 Å². The Morgan fingerprint density at radius 3 is 2.69 bits per heavy atom. The van der Waals surface area contributed by atoms with Crippen molar-refractivity contribution >= 4 is 34.1 Å². The summed E-state index contributed by atoms with van der Waals surface area (Å²) in [5, 5.41) is 11.6. The summed E-state index contributed by atoms with van der Waals surface area (Å²) in [5.41, 5.74) is 1.79. The van der Waals surface area contributed by atoms with Gasteiger partial charge in [-0.1, -0.05) is 30.1 Å². The Balaban J connectivity index is 2.75. The van der Waals surface area contributed by atoms with E-state index in [0.717, 1.165) is 29.4 Å². The fraction of sp³-hybridized carbons (Fsp3) is 0.333. The lowest BCUT2D eigenvalue weighted by Crippen LogP contribution is -1.96. The second-order valence-electron chi connectivity index (χ2n) is 3.74. The van der Waals surface area contributed by atoms with E-state index in [4.69, 9.17) is 23.2 Å². The molecule has 4 heteroatoms. The first kappa shape index (κ1) is 11.8. The maximum Gasteiger partial charge on any atom is 0.115 e. The van der Waals surface area contributed by atoms with Gasteiger partial charge >= 0.3 is 0 Å². The first-order chi connectivity index (χ1) is 7.69. The van der Waals surface area contributed by atoms with Crippen LogP contribution >= 0.6 is 23.2 Å². The lowest BCUT2D eigenvalue weighted by molar-refractivity contribution is 0.283. The van der Waals surface area contributed by atoms with Crippen LogP contribution in [0.4, 0.5) is 0 Å². The number of aryl methyl sites for hydroxylation is 1. The number of rotatable bonds is 3. The van der Waals surface area contributed by atoms with E-state index in [1.165, 1.54) is 0 Å². The third kappa shape index (κ3) is 1.81. The minimum atomic E-state index is -0.0631. The van der Waals surface area contributed by atoms with E-state index in [1.807, 2.05) is 22.8 Å². The number of aliphatic hydroxyl groups excluding tert-OH is 1. The Morgan fingerprint density at radius 1 is 1.31 bits per heavy atom. The molecule has 0 radical (unpaired) electrons. The zero-order valence-corrected chi connectivity index (χ0v) is 10.5. The first-order valence-corrected chi connectivity index (χ1v) is 6.01. The second-order valence-corrected chi connectivity index (χ2v) is 4.54. The van der Waals surface area contributed by atoms with Crippen LogP contribution in [-0.2, 0) is 13.2 Å².